The Morgan fingerprint density at radius 1 is 0.881 bits per heavy atom. The Morgan fingerprint density at radius 3 is 2.02 bits per heavy atom. The maximum absolute atomic E-state index is 12.5. The molecular weight excluding hydrogens is 532 g/mol. The molecule has 0 aliphatic rings. The van der Waals surface area contributed by atoms with Gasteiger partial charge in [0.1, 0.15) is 6.04 Å². The van der Waals surface area contributed by atoms with E-state index in [-0.39, 0.29) is 42.6 Å². The normalized spacial score (nSPS) is 11.9. The highest BCUT2D eigenvalue weighted by Crippen LogP contribution is 2.17. The van der Waals surface area contributed by atoms with Gasteiger partial charge in [0.15, 0.2) is 5.96 Å². The van der Waals surface area contributed by atoms with Crippen LogP contribution in [0.1, 0.15) is 54.2 Å². The highest BCUT2D eigenvalue weighted by molar-refractivity contribution is 6.04. The van der Waals surface area contributed by atoms with Gasteiger partial charge in [0, 0.05) is 30.1 Å². The number of carbonyl (C=O) groups excluding carboxylic acids is 2. The molecule has 0 aromatic heterocycles. The van der Waals surface area contributed by atoms with E-state index in [0.29, 0.717) is 22.5 Å². The summed E-state index contributed by atoms with van der Waals surface area (Å²) in [6.45, 7) is 7.90. The lowest BCUT2D eigenvalue weighted by Gasteiger charge is -2.16. The van der Waals surface area contributed by atoms with Gasteiger partial charge < -0.3 is 32.9 Å². The van der Waals surface area contributed by atoms with E-state index in [1.807, 2.05) is 20.8 Å². The van der Waals surface area contributed by atoms with E-state index in [1.165, 1.54) is 11.1 Å². The molecule has 0 bridgehead atoms. The third-order valence-corrected chi connectivity index (χ3v) is 5.92. The minimum absolute atomic E-state index is 0.104. The fourth-order valence-corrected chi connectivity index (χ4v) is 3.95. The van der Waals surface area contributed by atoms with Gasteiger partial charge in [-0.25, -0.2) is 9.79 Å². The number of nitrogens with two attached hydrogens (primary N) is 3. The number of amides is 2. The summed E-state index contributed by atoms with van der Waals surface area (Å²) in [7, 11) is 0. The van der Waals surface area contributed by atoms with Crippen molar-refractivity contribution in [2.75, 3.05) is 5.32 Å². The maximum atomic E-state index is 12.5. The summed E-state index contributed by atoms with van der Waals surface area (Å²) >= 11 is 0. The van der Waals surface area contributed by atoms with Crippen LogP contribution in [-0.2, 0) is 22.4 Å². The second-order valence-corrected chi connectivity index (χ2v) is 10.7. The third kappa shape index (κ3) is 12.6. The Balaban J connectivity index is 0.000000468. The first-order valence-corrected chi connectivity index (χ1v) is 13.8. The van der Waals surface area contributed by atoms with Crippen LogP contribution in [0.15, 0.2) is 77.8 Å². The predicted octanol–water partition coefficient (Wildman–Crippen LogP) is 3.89. The molecule has 0 spiro atoms. The van der Waals surface area contributed by atoms with Crippen molar-refractivity contribution in [2.45, 2.75) is 59.0 Å². The molecule has 0 heterocycles. The van der Waals surface area contributed by atoms with Gasteiger partial charge >= 0.3 is 5.97 Å². The maximum Gasteiger partial charge on any atom is 0.326 e. The molecule has 0 fully saturated rings. The number of carboxylic acid groups (broad SMARTS) is 1. The molecule has 0 aliphatic carbocycles. The summed E-state index contributed by atoms with van der Waals surface area (Å²) in [6.07, 6.45) is 1.37. The van der Waals surface area contributed by atoms with Gasteiger partial charge in [-0.15, -0.1) is 0 Å². The number of benzene rings is 3. The monoisotopic (exact) mass is 574 g/mol. The summed E-state index contributed by atoms with van der Waals surface area (Å²) in [5.74, 6) is -1.71. The van der Waals surface area contributed by atoms with E-state index in [2.05, 4.69) is 46.8 Å². The lowest BCUT2D eigenvalue weighted by Crippen LogP contribution is -2.42. The second-order valence-electron chi connectivity index (χ2n) is 10.7. The molecule has 224 valence electrons. The standard InChI is InChI=1S/C22H27N5O4.C10H15N/c1-13(2)10-19(28)27-18(21(30)31)11-14-6-8-16(9-7-14)25-20(29)15-4-3-5-17(12-15)26-22(23)24;1-8-3-5-10(6-4-8)7-9(2)11/h3-9,12-13,18H,10-11H2,1-2H3,(H,25,29)(H,27,28)(H,30,31)(H4,23,24,26);3-6,9H,7,11H2,1-2H3. The average Bonchev–Trinajstić information content (AvgIpc) is 2.90. The summed E-state index contributed by atoms with van der Waals surface area (Å²) in [4.78, 5) is 39.8. The SMILES string of the molecule is CC(C)CC(=O)NC(Cc1ccc(NC(=O)c2cccc(N=C(N)N)c2)cc1)C(=O)O.Cc1ccc(CC(C)N)cc1. The van der Waals surface area contributed by atoms with Crippen LogP contribution < -0.4 is 27.8 Å². The Hall–Kier alpha value is -4.70. The molecule has 3 rings (SSSR count). The first-order valence-electron chi connectivity index (χ1n) is 13.8. The van der Waals surface area contributed by atoms with Crippen LogP contribution in [0, 0.1) is 12.8 Å². The molecule has 10 nitrogen and oxygen atoms in total. The molecule has 3 aromatic carbocycles. The van der Waals surface area contributed by atoms with E-state index < -0.39 is 12.0 Å². The summed E-state index contributed by atoms with van der Waals surface area (Å²) in [5, 5.41) is 14.7. The van der Waals surface area contributed by atoms with Crippen molar-refractivity contribution in [3.63, 3.8) is 0 Å². The van der Waals surface area contributed by atoms with Crippen LogP contribution in [0.2, 0.25) is 0 Å². The number of carbonyl (C=O) groups is 3. The largest absolute Gasteiger partial charge is 0.480 e. The number of nitrogens with zero attached hydrogens (tertiary/aromatic N) is 1. The van der Waals surface area contributed by atoms with Crippen molar-refractivity contribution in [2.24, 2.45) is 28.1 Å². The van der Waals surface area contributed by atoms with Crippen LogP contribution >= 0.6 is 0 Å². The van der Waals surface area contributed by atoms with Gasteiger partial charge in [0.05, 0.1) is 5.69 Å². The van der Waals surface area contributed by atoms with Crippen molar-refractivity contribution in [3.8, 4) is 0 Å². The van der Waals surface area contributed by atoms with Crippen molar-refractivity contribution >= 4 is 35.1 Å². The van der Waals surface area contributed by atoms with Crippen molar-refractivity contribution in [1.82, 2.24) is 5.32 Å². The van der Waals surface area contributed by atoms with Gasteiger partial charge in [-0.05, 0) is 67.6 Å². The summed E-state index contributed by atoms with van der Waals surface area (Å²) in [6, 6.07) is 21.0. The first kappa shape index (κ1) is 33.5. The molecule has 10 heteroatoms. The lowest BCUT2D eigenvalue weighted by atomic mass is 10.0. The fraction of sp³-hybridized carbons (Fsp3) is 0.312. The minimum Gasteiger partial charge on any atom is -0.480 e. The number of guanidine groups is 1. The zero-order valence-electron chi connectivity index (χ0n) is 24.6. The quantitative estimate of drug-likeness (QED) is 0.148. The number of anilines is 1. The van der Waals surface area contributed by atoms with Crippen LogP contribution in [0.3, 0.4) is 0 Å². The van der Waals surface area contributed by atoms with E-state index in [4.69, 9.17) is 17.2 Å². The van der Waals surface area contributed by atoms with E-state index in [9.17, 15) is 19.5 Å². The Morgan fingerprint density at radius 2 is 1.48 bits per heavy atom. The number of hydrogen-bond acceptors (Lipinski definition) is 5. The fourth-order valence-electron chi connectivity index (χ4n) is 3.95. The predicted molar refractivity (Wildman–Crippen MR) is 168 cm³/mol. The number of hydrogen-bond donors (Lipinski definition) is 6. The topological polar surface area (TPSA) is 186 Å². The summed E-state index contributed by atoms with van der Waals surface area (Å²) < 4.78 is 0. The van der Waals surface area contributed by atoms with Crippen molar-refractivity contribution in [1.29, 1.82) is 0 Å². The van der Waals surface area contributed by atoms with E-state index >= 15 is 0 Å². The number of nitrogens with one attached hydrogen (secondary N) is 2. The van der Waals surface area contributed by atoms with Gasteiger partial charge in [0.2, 0.25) is 5.91 Å². The van der Waals surface area contributed by atoms with Crippen molar-refractivity contribution in [3.05, 3.63) is 95.1 Å². The molecule has 2 atom stereocenters. The number of rotatable bonds is 11. The first-order chi connectivity index (χ1) is 19.8. The molecule has 0 radical (unpaired) electrons. The highest BCUT2D eigenvalue weighted by Gasteiger charge is 2.21. The second kappa shape index (κ2) is 16.5. The number of aliphatic imine (C=N–C) groups is 1. The molecule has 2 unspecified atom stereocenters. The van der Waals surface area contributed by atoms with Gasteiger partial charge in [0.25, 0.3) is 5.91 Å². The average molecular weight is 575 g/mol. The molecule has 0 saturated carbocycles. The van der Waals surface area contributed by atoms with Gasteiger partial charge in [-0.2, -0.15) is 0 Å². The van der Waals surface area contributed by atoms with Crippen LogP contribution in [0.4, 0.5) is 11.4 Å². The van der Waals surface area contributed by atoms with Gasteiger partial charge in [-0.3, -0.25) is 9.59 Å². The van der Waals surface area contributed by atoms with Gasteiger partial charge in [-0.1, -0.05) is 61.9 Å². The zero-order valence-corrected chi connectivity index (χ0v) is 24.6. The lowest BCUT2D eigenvalue weighted by molar-refractivity contribution is -0.141. The minimum atomic E-state index is -1.10. The molecule has 42 heavy (non-hydrogen) atoms. The summed E-state index contributed by atoms with van der Waals surface area (Å²) in [5.41, 5.74) is 21.1. The molecule has 3 aromatic rings. The number of carboxylic acids is 1. The van der Waals surface area contributed by atoms with Crippen LogP contribution in [0.25, 0.3) is 0 Å². The van der Waals surface area contributed by atoms with E-state index in [1.54, 1.807) is 48.5 Å². The molecular formula is C32H42N6O4. The smallest absolute Gasteiger partial charge is 0.326 e. The Kier molecular flexibility index (Phi) is 13.2. The molecule has 0 saturated heterocycles. The molecule has 9 N–H and O–H groups in total. The number of aliphatic carboxylic acids is 1. The number of aryl methyl sites for hydroxylation is 1. The third-order valence-electron chi connectivity index (χ3n) is 5.92. The van der Waals surface area contributed by atoms with E-state index in [0.717, 1.165) is 6.42 Å². The zero-order chi connectivity index (χ0) is 31.2. The highest BCUT2D eigenvalue weighted by atomic mass is 16.4. The van der Waals surface area contributed by atoms with Crippen LogP contribution in [-0.4, -0.2) is 40.9 Å². The molecule has 2 amide bonds. The Labute approximate surface area is 247 Å². The Bertz CT molecular complexity index is 1350. The molecule has 0 aliphatic heterocycles. The van der Waals surface area contributed by atoms with Crippen molar-refractivity contribution < 1.29 is 19.5 Å². The van der Waals surface area contributed by atoms with Crippen LogP contribution in [0.5, 0.6) is 0 Å².